The molecule has 0 aliphatic rings. The number of unbranched alkanes of at least 4 members (excludes halogenated alkanes) is 2. The van der Waals surface area contributed by atoms with Crippen LogP contribution < -0.4 is 5.32 Å². The number of benzene rings is 1. The van der Waals surface area contributed by atoms with Gasteiger partial charge in [0.2, 0.25) is 0 Å². The van der Waals surface area contributed by atoms with Gasteiger partial charge in [-0.25, -0.2) is 0 Å². The van der Waals surface area contributed by atoms with Gasteiger partial charge in [0.05, 0.1) is 0 Å². The van der Waals surface area contributed by atoms with Gasteiger partial charge in [-0.05, 0) is 50.9 Å². The summed E-state index contributed by atoms with van der Waals surface area (Å²) in [5.74, 6) is 0. The summed E-state index contributed by atoms with van der Waals surface area (Å²) >= 11 is 1.64. The fourth-order valence-electron chi connectivity index (χ4n) is 2.00. The summed E-state index contributed by atoms with van der Waals surface area (Å²) in [4.78, 5) is 4.32. The van der Waals surface area contributed by atoms with Crippen LogP contribution in [0.25, 0.3) is 0 Å². The SMILES string of the molecule is CC.CCCCCNC.C\C=C/C(/C=C/SC(=NC)c1ccccc1)=C\C. The molecule has 0 aliphatic heterocycles. The van der Waals surface area contributed by atoms with Crippen molar-refractivity contribution in [2.45, 2.75) is 53.9 Å². The first-order chi connectivity index (χ1) is 13.2. The predicted molar refractivity (Wildman–Crippen MR) is 129 cm³/mol. The third-order valence-electron chi connectivity index (χ3n) is 3.39. The molecule has 1 rings (SSSR count). The molecule has 0 unspecified atom stereocenters. The monoisotopic (exact) mass is 388 g/mol. The molecule has 1 aromatic carbocycles. The van der Waals surface area contributed by atoms with Crippen molar-refractivity contribution < 1.29 is 0 Å². The van der Waals surface area contributed by atoms with Gasteiger partial charge in [0.25, 0.3) is 0 Å². The summed E-state index contributed by atoms with van der Waals surface area (Å²) in [6.07, 6.45) is 12.3. The van der Waals surface area contributed by atoms with Crippen LogP contribution in [-0.4, -0.2) is 25.7 Å². The van der Waals surface area contributed by atoms with Gasteiger partial charge in [0, 0.05) is 12.6 Å². The summed E-state index contributed by atoms with van der Waals surface area (Å²) in [7, 11) is 3.82. The smallest absolute Gasteiger partial charge is 0.101 e. The molecule has 1 N–H and O–H groups in total. The van der Waals surface area contributed by atoms with E-state index in [4.69, 9.17) is 0 Å². The third-order valence-corrected chi connectivity index (χ3v) is 4.30. The molecule has 2 nitrogen and oxygen atoms in total. The molecule has 0 radical (unpaired) electrons. The molecule has 0 aromatic heterocycles. The second-order valence-corrected chi connectivity index (χ2v) is 6.31. The lowest BCUT2D eigenvalue weighted by atomic mass is 10.2. The van der Waals surface area contributed by atoms with Crippen molar-refractivity contribution in [2.24, 2.45) is 4.99 Å². The molecule has 0 heterocycles. The van der Waals surface area contributed by atoms with Crippen molar-refractivity contribution >= 4 is 16.8 Å². The lowest BCUT2D eigenvalue weighted by Crippen LogP contribution is -2.06. The van der Waals surface area contributed by atoms with Crippen LogP contribution >= 0.6 is 11.8 Å². The van der Waals surface area contributed by atoms with Gasteiger partial charge in [-0.15, -0.1) is 0 Å². The maximum Gasteiger partial charge on any atom is 0.101 e. The molecule has 0 atom stereocenters. The Kier molecular flexibility index (Phi) is 23.0. The minimum atomic E-state index is 1.03. The second kappa shape index (κ2) is 22.5. The van der Waals surface area contributed by atoms with Crippen LogP contribution in [0.4, 0.5) is 0 Å². The van der Waals surface area contributed by atoms with E-state index in [-0.39, 0.29) is 0 Å². The topological polar surface area (TPSA) is 24.4 Å². The zero-order valence-corrected chi connectivity index (χ0v) is 19.3. The summed E-state index contributed by atoms with van der Waals surface area (Å²) in [5.41, 5.74) is 2.36. The number of aliphatic imine (C=N–C) groups is 1. The Morgan fingerprint density at radius 1 is 1.07 bits per heavy atom. The lowest BCUT2D eigenvalue weighted by molar-refractivity contribution is 0.667. The van der Waals surface area contributed by atoms with Crippen LogP contribution in [0.1, 0.15) is 59.4 Å². The van der Waals surface area contributed by atoms with Gasteiger partial charge < -0.3 is 5.32 Å². The summed E-state index contributed by atoms with van der Waals surface area (Å²) in [6.45, 7) is 11.5. The first-order valence-corrected chi connectivity index (χ1v) is 10.9. The Labute approximate surface area is 173 Å². The fraction of sp³-hybridized carbons (Fsp3) is 0.458. The van der Waals surface area contributed by atoms with E-state index in [1.165, 1.54) is 31.4 Å². The van der Waals surface area contributed by atoms with Crippen LogP contribution in [0, 0.1) is 0 Å². The first kappa shape index (κ1) is 27.6. The van der Waals surface area contributed by atoms with Crippen LogP contribution in [0.5, 0.6) is 0 Å². The largest absolute Gasteiger partial charge is 0.320 e. The van der Waals surface area contributed by atoms with E-state index >= 15 is 0 Å². The number of hydrogen-bond acceptors (Lipinski definition) is 3. The van der Waals surface area contributed by atoms with Crippen LogP contribution in [0.15, 0.2) is 70.6 Å². The zero-order valence-electron chi connectivity index (χ0n) is 18.5. The van der Waals surface area contributed by atoms with Gasteiger partial charge in [-0.3, -0.25) is 4.99 Å². The van der Waals surface area contributed by atoms with E-state index in [0.717, 1.165) is 10.6 Å². The number of allylic oxidation sites excluding steroid dienone is 5. The highest BCUT2D eigenvalue weighted by Crippen LogP contribution is 2.16. The molecule has 1 aromatic rings. The molecule has 152 valence electrons. The van der Waals surface area contributed by atoms with Crippen molar-refractivity contribution in [1.29, 1.82) is 0 Å². The van der Waals surface area contributed by atoms with Crippen LogP contribution in [0.2, 0.25) is 0 Å². The van der Waals surface area contributed by atoms with Gasteiger partial charge in [0.1, 0.15) is 5.04 Å². The zero-order chi connectivity index (χ0) is 20.8. The van der Waals surface area contributed by atoms with E-state index in [1.807, 2.05) is 66.1 Å². The Hall–Kier alpha value is -1.58. The minimum Gasteiger partial charge on any atom is -0.320 e. The standard InChI is InChI=1S/C16H19NS.C6H15N.C2H6/c1-4-9-14(5-2)12-13-18-16(17-3)15-10-7-6-8-11-15;1-3-4-5-6-7-2;1-2/h4-13H,1-3H3;7H,3-6H2,1-2H3;1-2H3/b9-4-,13-12+,14-5+,17-16?;;. The summed E-state index contributed by atoms with van der Waals surface area (Å²) in [5, 5.41) is 6.21. The average Bonchev–Trinajstić information content (AvgIpc) is 2.73. The first-order valence-electron chi connectivity index (χ1n) is 10.0. The van der Waals surface area contributed by atoms with Gasteiger partial charge in [-0.2, -0.15) is 0 Å². The van der Waals surface area contributed by atoms with Crippen molar-refractivity contribution in [2.75, 3.05) is 20.6 Å². The van der Waals surface area contributed by atoms with Gasteiger partial charge >= 0.3 is 0 Å². The Morgan fingerprint density at radius 3 is 2.22 bits per heavy atom. The Balaban J connectivity index is 0. The molecule has 0 spiro atoms. The van der Waals surface area contributed by atoms with Crippen molar-refractivity contribution in [3.05, 3.63) is 71.2 Å². The van der Waals surface area contributed by atoms with E-state index in [9.17, 15) is 0 Å². The Morgan fingerprint density at radius 2 is 1.74 bits per heavy atom. The van der Waals surface area contributed by atoms with E-state index in [0.29, 0.717) is 0 Å². The molecule has 0 amide bonds. The molecule has 0 bridgehead atoms. The van der Waals surface area contributed by atoms with Crippen molar-refractivity contribution in [3.63, 3.8) is 0 Å². The van der Waals surface area contributed by atoms with Gasteiger partial charge in [-0.1, -0.05) is 93.9 Å². The summed E-state index contributed by atoms with van der Waals surface area (Å²) < 4.78 is 0. The molecule has 0 saturated heterocycles. The molecule has 0 fully saturated rings. The molecular weight excluding hydrogens is 348 g/mol. The molecular formula is C24H40N2S. The minimum absolute atomic E-state index is 1.03. The van der Waals surface area contributed by atoms with Crippen molar-refractivity contribution in [3.8, 4) is 0 Å². The maximum absolute atomic E-state index is 4.32. The molecule has 0 aliphatic carbocycles. The predicted octanol–water partition coefficient (Wildman–Crippen LogP) is 7.25. The van der Waals surface area contributed by atoms with Gasteiger partial charge in [0.15, 0.2) is 0 Å². The number of hydrogen-bond donors (Lipinski definition) is 1. The van der Waals surface area contributed by atoms with E-state index < -0.39 is 0 Å². The van der Waals surface area contributed by atoms with Crippen LogP contribution in [0.3, 0.4) is 0 Å². The van der Waals surface area contributed by atoms with E-state index in [2.05, 4.69) is 53.0 Å². The summed E-state index contributed by atoms with van der Waals surface area (Å²) in [6, 6.07) is 10.2. The highest BCUT2D eigenvalue weighted by Gasteiger charge is 1.99. The number of nitrogens with zero attached hydrogens (tertiary/aromatic N) is 1. The number of nitrogens with one attached hydrogen (secondary N) is 1. The highest BCUT2D eigenvalue weighted by atomic mass is 32.2. The van der Waals surface area contributed by atoms with Crippen molar-refractivity contribution in [1.82, 2.24) is 5.32 Å². The van der Waals surface area contributed by atoms with Crippen LogP contribution in [-0.2, 0) is 0 Å². The second-order valence-electron chi connectivity index (χ2n) is 5.41. The number of rotatable bonds is 8. The third kappa shape index (κ3) is 16.3. The normalized spacial score (nSPS) is 11.8. The molecule has 3 heteroatoms. The molecule has 27 heavy (non-hydrogen) atoms. The average molecular weight is 389 g/mol. The Bertz CT molecular complexity index is 539. The fourth-order valence-corrected chi connectivity index (χ4v) is 2.73. The number of thioether (sulfide) groups is 1. The highest BCUT2D eigenvalue weighted by molar-refractivity contribution is 8.16. The maximum atomic E-state index is 4.32. The molecule has 0 saturated carbocycles. The van der Waals surface area contributed by atoms with E-state index in [1.54, 1.807) is 11.8 Å². The lowest BCUT2D eigenvalue weighted by Gasteiger charge is -2.01. The quantitative estimate of drug-likeness (QED) is 0.219.